The van der Waals surface area contributed by atoms with Gasteiger partial charge in [0, 0.05) is 5.02 Å². The summed E-state index contributed by atoms with van der Waals surface area (Å²) in [5, 5.41) is 2.72. The summed E-state index contributed by atoms with van der Waals surface area (Å²) in [5.41, 5.74) is -0.0922. The van der Waals surface area contributed by atoms with Gasteiger partial charge in [-0.1, -0.05) is 52.2 Å². The lowest BCUT2D eigenvalue weighted by atomic mass is 10.2. The zero-order valence-corrected chi connectivity index (χ0v) is 21.1. The zero-order chi connectivity index (χ0) is 23.5. The zero-order valence-electron chi connectivity index (χ0n) is 15.6. The van der Waals surface area contributed by atoms with Crippen molar-refractivity contribution in [2.75, 3.05) is 16.6 Å². The third kappa shape index (κ3) is 6.33. The van der Waals surface area contributed by atoms with Crippen molar-refractivity contribution in [3.05, 3.63) is 67.0 Å². The van der Waals surface area contributed by atoms with E-state index in [-0.39, 0.29) is 21.3 Å². The first-order chi connectivity index (χ1) is 15.0. The number of halogens is 4. The number of ether oxygens (including phenoxy) is 1. The van der Waals surface area contributed by atoms with Gasteiger partial charge in [0.15, 0.2) is 11.7 Å². The van der Waals surface area contributed by atoms with Crippen LogP contribution in [0.1, 0.15) is 10.4 Å². The number of sulfonamides is 1. The molecule has 1 amide bonds. The molecule has 2 aromatic carbocycles. The van der Waals surface area contributed by atoms with Crippen molar-refractivity contribution in [2.45, 2.75) is 4.90 Å². The molecule has 1 aromatic heterocycles. The summed E-state index contributed by atoms with van der Waals surface area (Å²) in [6.45, 7) is -0.641. The number of thiazole rings is 1. The summed E-state index contributed by atoms with van der Waals surface area (Å²) >= 11 is 22.4. The Morgan fingerprint density at radius 1 is 1.12 bits per heavy atom. The molecule has 2 N–H and O–H groups in total. The Morgan fingerprint density at radius 3 is 2.53 bits per heavy atom. The van der Waals surface area contributed by atoms with Crippen LogP contribution in [0.2, 0.25) is 15.1 Å². The third-order valence-corrected chi connectivity index (χ3v) is 7.45. The summed E-state index contributed by atoms with van der Waals surface area (Å²) in [6, 6.07) is 8.09. The van der Waals surface area contributed by atoms with Crippen LogP contribution >= 0.6 is 62.1 Å². The molecule has 3 rings (SSSR count). The molecular formula is C18H11BrCl3N3O5S2. The van der Waals surface area contributed by atoms with Crippen molar-refractivity contribution in [1.82, 2.24) is 4.98 Å². The highest BCUT2D eigenvalue weighted by Gasteiger charge is 2.24. The molecule has 0 aliphatic carbocycles. The molecule has 0 unspecified atom stereocenters. The van der Waals surface area contributed by atoms with Crippen LogP contribution in [-0.4, -0.2) is 31.9 Å². The molecule has 168 valence electrons. The average molecular weight is 600 g/mol. The quantitative estimate of drug-likeness (QED) is 0.349. The second kappa shape index (κ2) is 10.4. The molecule has 1 heterocycles. The minimum absolute atomic E-state index is 0.147. The van der Waals surface area contributed by atoms with Gasteiger partial charge in [-0.2, -0.15) is 0 Å². The number of hydrogen-bond acceptors (Lipinski definition) is 7. The minimum atomic E-state index is -4.20. The van der Waals surface area contributed by atoms with Gasteiger partial charge in [0.1, 0.15) is 4.90 Å². The highest BCUT2D eigenvalue weighted by molar-refractivity contribution is 9.11. The number of nitrogens with one attached hydrogen (secondary N) is 2. The van der Waals surface area contributed by atoms with Gasteiger partial charge in [0.2, 0.25) is 0 Å². The van der Waals surface area contributed by atoms with Gasteiger partial charge in [-0.15, -0.1) is 0 Å². The molecule has 3 aromatic rings. The van der Waals surface area contributed by atoms with Gasteiger partial charge in [0.25, 0.3) is 15.9 Å². The summed E-state index contributed by atoms with van der Waals surface area (Å²) < 4.78 is 33.5. The largest absolute Gasteiger partial charge is 0.452 e. The van der Waals surface area contributed by atoms with Crippen molar-refractivity contribution < 1.29 is 22.7 Å². The number of anilines is 2. The molecule has 14 heteroatoms. The van der Waals surface area contributed by atoms with Gasteiger partial charge in [-0.25, -0.2) is 18.2 Å². The van der Waals surface area contributed by atoms with Crippen LogP contribution in [-0.2, 0) is 19.6 Å². The number of carbonyl (C=O) groups excluding carboxylic acids is 2. The van der Waals surface area contributed by atoms with E-state index < -0.39 is 33.4 Å². The van der Waals surface area contributed by atoms with Gasteiger partial charge in [-0.3, -0.25) is 14.8 Å². The highest BCUT2D eigenvalue weighted by Crippen LogP contribution is 2.31. The SMILES string of the molecule is O=C(COC(=O)c1cc(S(=O)(=O)Nc2cccc(Cl)c2)c(Cl)cc1Cl)Nc1ncc(Br)s1. The van der Waals surface area contributed by atoms with Crippen LogP contribution in [0.25, 0.3) is 0 Å². The van der Waals surface area contributed by atoms with Crippen LogP contribution in [0.3, 0.4) is 0 Å². The number of benzene rings is 2. The van der Waals surface area contributed by atoms with E-state index in [2.05, 4.69) is 31.0 Å². The van der Waals surface area contributed by atoms with E-state index in [4.69, 9.17) is 39.5 Å². The maximum Gasteiger partial charge on any atom is 0.340 e. The first-order valence-electron chi connectivity index (χ1n) is 8.41. The Hall–Kier alpha value is -1.89. The number of carbonyl (C=O) groups is 2. The second-order valence-corrected chi connectivity index (χ2v) is 11.3. The Morgan fingerprint density at radius 2 is 1.88 bits per heavy atom. The van der Waals surface area contributed by atoms with E-state index in [1.165, 1.54) is 29.7 Å². The molecule has 0 aliphatic heterocycles. The Balaban J connectivity index is 1.76. The summed E-state index contributed by atoms with van der Waals surface area (Å²) in [6.07, 6.45) is 1.50. The van der Waals surface area contributed by atoms with Crippen molar-refractivity contribution in [1.29, 1.82) is 0 Å². The van der Waals surface area contributed by atoms with Gasteiger partial charge in [-0.05, 0) is 46.3 Å². The molecule has 0 bridgehead atoms. The fraction of sp³-hybridized carbons (Fsp3) is 0.0556. The van der Waals surface area contributed by atoms with Crippen LogP contribution < -0.4 is 10.0 Å². The number of rotatable bonds is 7. The predicted molar refractivity (Wildman–Crippen MR) is 127 cm³/mol. The average Bonchev–Trinajstić information content (AvgIpc) is 3.10. The molecule has 0 radical (unpaired) electrons. The Bertz CT molecular complexity index is 1300. The van der Waals surface area contributed by atoms with Crippen LogP contribution in [0, 0.1) is 0 Å². The lowest BCUT2D eigenvalue weighted by molar-refractivity contribution is -0.119. The van der Waals surface area contributed by atoms with Crippen LogP contribution in [0.5, 0.6) is 0 Å². The second-order valence-electron chi connectivity index (χ2n) is 5.97. The predicted octanol–water partition coefficient (Wildman–Crippen LogP) is 5.46. The monoisotopic (exact) mass is 597 g/mol. The van der Waals surface area contributed by atoms with E-state index in [1.807, 2.05) is 0 Å². The maximum atomic E-state index is 12.8. The van der Waals surface area contributed by atoms with E-state index >= 15 is 0 Å². The van der Waals surface area contributed by atoms with Crippen LogP contribution in [0.15, 0.2) is 51.3 Å². The van der Waals surface area contributed by atoms with Crippen LogP contribution in [0.4, 0.5) is 10.8 Å². The first kappa shape index (κ1) is 24.7. The summed E-state index contributed by atoms with van der Waals surface area (Å²) in [4.78, 5) is 27.9. The molecule has 0 saturated heterocycles. The first-order valence-corrected chi connectivity index (χ1v) is 12.6. The van der Waals surface area contributed by atoms with Gasteiger partial charge in [0.05, 0.1) is 31.3 Å². The molecule has 0 saturated carbocycles. The van der Waals surface area contributed by atoms with Gasteiger partial charge >= 0.3 is 5.97 Å². The number of nitrogens with zero attached hydrogens (tertiary/aromatic N) is 1. The summed E-state index contributed by atoms with van der Waals surface area (Å²) in [7, 11) is -4.20. The minimum Gasteiger partial charge on any atom is -0.452 e. The van der Waals surface area contributed by atoms with Crippen molar-refractivity contribution in [3.8, 4) is 0 Å². The molecule has 0 fully saturated rings. The number of esters is 1. The highest BCUT2D eigenvalue weighted by atomic mass is 79.9. The Kier molecular flexibility index (Phi) is 8.01. The fourth-order valence-electron chi connectivity index (χ4n) is 2.33. The lowest BCUT2D eigenvalue weighted by Crippen LogP contribution is -2.21. The molecule has 32 heavy (non-hydrogen) atoms. The third-order valence-electron chi connectivity index (χ3n) is 3.67. The smallest absolute Gasteiger partial charge is 0.340 e. The lowest BCUT2D eigenvalue weighted by Gasteiger charge is -2.12. The summed E-state index contributed by atoms with van der Waals surface area (Å²) in [5.74, 6) is -1.65. The number of hydrogen-bond donors (Lipinski definition) is 2. The van der Waals surface area contributed by atoms with Gasteiger partial charge < -0.3 is 4.74 Å². The van der Waals surface area contributed by atoms with E-state index in [1.54, 1.807) is 12.1 Å². The standard InChI is InChI=1S/C18H11BrCl3N3O5S2/c19-15-7-23-18(31-15)24-16(26)8-30-17(27)11-5-14(13(22)6-12(11)21)32(28,29)25-10-3-1-2-9(20)4-10/h1-7,25H,8H2,(H,23,24,26). The van der Waals surface area contributed by atoms with E-state index in [9.17, 15) is 18.0 Å². The molecule has 0 aliphatic rings. The van der Waals surface area contributed by atoms with Crippen molar-refractivity contribution in [3.63, 3.8) is 0 Å². The Labute approximate surface area is 210 Å². The van der Waals surface area contributed by atoms with E-state index in [0.717, 1.165) is 12.1 Å². The maximum absolute atomic E-state index is 12.8. The molecule has 0 spiro atoms. The molecule has 0 atom stereocenters. The molecular weight excluding hydrogens is 589 g/mol. The topological polar surface area (TPSA) is 114 Å². The van der Waals surface area contributed by atoms with Crippen molar-refractivity contribution >= 4 is 94.8 Å². The normalized spacial score (nSPS) is 11.1. The van der Waals surface area contributed by atoms with E-state index in [0.29, 0.717) is 13.9 Å². The van der Waals surface area contributed by atoms with Crippen molar-refractivity contribution in [2.24, 2.45) is 0 Å². The number of aromatic nitrogens is 1. The number of amides is 1. The molecule has 8 nitrogen and oxygen atoms in total. The fourth-order valence-corrected chi connectivity index (χ4v) is 5.54.